The molecule has 2 heterocycles. The van der Waals surface area contributed by atoms with Crippen molar-refractivity contribution in [3.63, 3.8) is 0 Å². The van der Waals surface area contributed by atoms with Gasteiger partial charge in [0.25, 0.3) is 5.69 Å². The maximum absolute atomic E-state index is 13.8. The predicted octanol–water partition coefficient (Wildman–Crippen LogP) is 2.03. The Kier molecular flexibility index (Phi) is 8.14. The molecule has 2 aliphatic rings. The summed E-state index contributed by atoms with van der Waals surface area (Å²) in [4.78, 5) is 50.9. The standard InChI is InChI=1S/C26H29N3O8/c1-2-37-26(33)20(11-8-16-6-4-3-5-7-16)27-21-12-17-9-10-18(29(34)35)13-19(17)22-14-36-15-23(25(31)32)28(22)24(21)30/h3-7,9-10,13,20-23,27H,2,8,11-12,14-15H2,1H3,(H,31,32)/t20-,21-,22+,23-/m0/s1. The quantitative estimate of drug-likeness (QED) is 0.293. The highest BCUT2D eigenvalue weighted by atomic mass is 16.6. The molecule has 2 aliphatic heterocycles. The normalized spacial score (nSPS) is 21.8. The molecule has 0 bridgehead atoms. The van der Waals surface area contributed by atoms with E-state index in [2.05, 4.69) is 5.32 Å². The lowest BCUT2D eigenvalue weighted by Gasteiger charge is -2.40. The van der Waals surface area contributed by atoms with Crippen LogP contribution in [0.5, 0.6) is 0 Å². The lowest BCUT2D eigenvalue weighted by molar-refractivity contribution is -0.385. The molecule has 1 fully saturated rings. The van der Waals surface area contributed by atoms with E-state index in [0.717, 1.165) is 5.56 Å². The molecule has 2 aromatic rings. The highest BCUT2D eigenvalue weighted by Gasteiger charge is 2.46. The molecule has 1 saturated heterocycles. The van der Waals surface area contributed by atoms with Crippen LogP contribution in [0.1, 0.15) is 36.1 Å². The van der Waals surface area contributed by atoms with Crippen LogP contribution in [0.4, 0.5) is 5.69 Å². The van der Waals surface area contributed by atoms with Crippen LogP contribution < -0.4 is 5.32 Å². The number of nitrogens with zero attached hydrogens (tertiary/aromatic N) is 2. The smallest absolute Gasteiger partial charge is 0.328 e. The van der Waals surface area contributed by atoms with Crippen LogP contribution in [0.3, 0.4) is 0 Å². The van der Waals surface area contributed by atoms with Crippen LogP contribution in [0.2, 0.25) is 0 Å². The number of ether oxygens (including phenoxy) is 2. The van der Waals surface area contributed by atoms with E-state index < -0.39 is 46.9 Å². The summed E-state index contributed by atoms with van der Waals surface area (Å²) in [7, 11) is 0. The van der Waals surface area contributed by atoms with Crippen LogP contribution in [-0.2, 0) is 36.7 Å². The molecule has 0 saturated carbocycles. The van der Waals surface area contributed by atoms with Gasteiger partial charge >= 0.3 is 11.9 Å². The monoisotopic (exact) mass is 511 g/mol. The number of benzene rings is 2. The molecule has 2 aromatic carbocycles. The Morgan fingerprint density at radius 1 is 1.24 bits per heavy atom. The summed E-state index contributed by atoms with van der Waals surface area (Å²) in [5.41, 5.74) is 1.96. The van der Waals surface area contributed by atoms with Crippen LogP contribution in [0.15, 0.2) is 48.5 Å². The minimum absolute atomic E-state index is 0.00567. The fraction of sp³-hybridized carbons (Fsp3) is 0.423. The molecule has 2 N–H and O–H groups in total. The summed E-state index contributed by atoms with van der Waals surface area (Å²) >= 11 is 0. The third kappa shape index (κ3) is 5.78. The van der Waals surface area contributed by atoms with Gasteiger partial charge in [0.2, 0.25) is 5.91 Å². The number of carbonyl (C=O) groups excluding carboxylic acids is 2. The number of carboxylic acid groups (broad SMARTS) is 1. The number of hydrogen-bond donors (Lipinski definition) is 2. The Morgan fingerprint density at radius 2 is 2.00 bits per heavy atom. The van der Waals surface area contributed by atoms with Crippen molar-refractivity contribution < 1.29 is 33.9 Å². The largest absolute Gasteiger partial charge is 0.480 e. The zero-order valence-corrected chi connectivity index (χ0v) is 20.4. The molecular formula is C26H29N3O8. The minimum Gasteiger partial charge on any atom is -0.480 e. The summed E-state index contributed by atoms with van der Waals surface area (Å²) in [5.74, 6) is -2.25. The van der Waals surface area contributed by atoms with Crippen molar-refractivity contribution in [2.45, 2.75) is 50.4 Å². The number of esters is 1. The maximum atomic E-state index is 13.8. The molecule has 0 radical (unpaired) electrons. The van der Waals surface area contributed by atoms with E-state index in [1.807, 2.05) is 30.3 Å². The Balaban J connectivity index is 1.68. The van der Waals surface area contributed by atoms with Gasteiger partial charge < -0.3 is 19.5 Å². The number of nitro groups is 1. The average molecular weight is 512 g/mol. The van der Waals surface area contributed by atoms with Crippen molar-refractivity contribution in [2.24, 2.45) is 0 Å². The Morgan fingerprint density at radius 3 is 2.68 bits per heavy atom. The third-order valence-electron chi connectivity index (χ3n) is 6.72. The first kappa shape index (κ1) is 26.2. The van der Waals surface area contributed by atoms with Gasteiger partial charge in [-0.3, -0.25) is 25.0 Å². The molecule has 196 valence electrons. The Bertz CT molecular complexity index is 1170. The molecule has 0 aliphatic carbocycles. The van der Waals surface area contributed by atoms with Crippen LogP contribution in [0.25, 0.3) is 0 Å². The second-order valence-electron chi connectivity index (χ2n) is 9.05. The average Bonchev–Trinajstić information content (AvgIpc) is 3.01. The number of carboxylic acids is 1. The van der Waals surface area contributed by atoms with Crippen LogP contribution in [-0.4, -0.2) is 70.7 Å². The SMILES string of the molecule is CCOC(=O)[C@H](CCc1ccccc1)N[C@H]1Cc2ccc([N+](=O)[O-])cc2[C@H]2COC[C@@H](C(=O)O)N2C1=O. The number of amides is 1. The molecular weight excluding hydrogens is 482 g/mol. The molecule has 37 heavy (non-hydrogen) atoms. The highest BCUT2D eigenvalue weighted by molar-refractivity contribution is 5.89. The first-order chi connectivity index (χ1) is 17.8. The number of nitrogens with one attached hydrogen (secondary N) is 1. The molecule has 11 nitrogen and oxygen atoms in total. The molecule has 0 aromatic heterocycles. The van der Waals surface area contributed by atoms with E-state index in [-0.39, 0.29) is 31.9 Å². The summed E-state index contributed by atoms with van der Waals surface area (Å²) in [6.45, 7) is 1.66. The Labute approximate surface area is 213 Å². The second kappa shape index (κ2) is 11.5. The van der Waals surface area contributed by atoms with Gasteiger partial charge in [0, 0.05) is 12.1 Å². The summed E-state index contributed by atoms with van der Waals surface area (Å²) in [5, 5.41) is 24.4. The van der Waals surface area contributed by atoms with Gasteiger partial charge in [0.1, 0.15) is 6.04 Å². The molecule has 1 amide bonds. The van der Waals surface area contributed by atoms with E-state index in [1.165, 1.54) is 17.0 Å². The molecule has 4 rings (SSSR count). The number of nitro benzene ring substituents is 1. The van der Waals surface area contributed by atoms with Gasteiger partial charge in [-0.15, -0.1) is 0 Å². The van der Waals surface area contributed by atoms with Gasteiger partial charge in [-0.25, -0.2) is 4.79 Å². The highest BCUT2D eigenvalue weighted by Crippen LogP contribution is 2.36. The van der Waals surface area contributed by atoms with Crippen LogP contribution in [0, 0.1) is 10.1 Å². The van der Waals surface area contributed by atoms with Crippen molar-refractivity contribution in [1.82, 2.24) is 10.2 Å². The predicted molar refractivity (Wildman–Crippen MR) is 131 cm³/mol. The second-order valence-corrected chi connectivity index (χ2v) is 9.05. The van der Waals surface area contributed by atoms with Gasteiger partial charge in [-0.1, -0.05) is 36.4 Å². The summed E-state index contributed by atoms with van der Waals surface area (Å²) < 4.78 is 10.8. The van der Waals surface area contributed by atoms with E-state index in [4.69, 9.17) is 9.47 Å². The lowest BCUT2D eigenvalue weighted by atomic mass is 9.95. The topological polar surface area (TPSA) is 148 Å². The van der Waals surface area contributed by atoms with Gasteiger partial charge in [0.15, 0.2) is 6.04 Å². The summed E-state index contributed by atoms with van der Waals surface area (Å²) in [6.07, 6.45) is 1.03. The molecule has 0 unspecified atom stereocenters. The molecule has 0 spiro atoms. The number of aryl methyl sites for hydroxylation is 1. The van der Waals surface area contributed by atoms with Crippen molar-refractivity contribution in [3.8, 4) is 0 Å². The van der Waals surface area contributed by atoms with Crippen LogP contribution >= 0.6 is 0 Å². The number of non-ortho nitro benzene ring substituents is 1. The fourth-order valence-electron chi connectivity index (χ4n) is 4.93. The minimum atomic E-state index is -1.27. The third-order valence-corrected chi connectivity index (χ3v) is 6.72. The number of rotatable bonds is 9. The zero-order valence-electron chi connectivity index (χ0n) is 20.4. The van der Waals surface area contributed by atoms with Crippen molar-refractivity contribution >= 4 is 23.5 Å². The molecule has 4 atom stereocenters. The number of morpholine rings is 1. The van der Waals surface area contributed by atoms with E-state index in [0.29, 0.717) is 24.0 Å². The van der Waals surface area contributed by atoms with Gasteiger partial charge in [-0.2, -0.15) is 0 Å². The number of aliphatic carboxylic acids is 1. The first-order valence-corrected chi connectivity index (χ1v) is 12.2. The lowest BCUT2D eigenvalue weighted by Crippen LogP contribution is -2.59. The maximum Gasteiger partial charge on any atom is 0.328 e. The number of hydrogen-bond acceptors (Lipinski definition) is 8. The van der Waals surface area contributed by atoms with Crippen molar-refractivity contribution in [1.29, 1.82) is 0 Å². The fourth-order valence-corrected chi connectivity index (χ4v) is 4.93. The number of fused-ring (bicyclic) bond motifs is 3. The summed E-state index contributed by atoms with van der Waals surface area (Å²) in [6, 6.07) is 10.0. The van der Waals surface area contributed by atoms with Gasteiger partial charge in [0.05, 0.1) is 36.8 Å². The molecule has 11 heteroatoms. The zero-order chi connectivity index (χ0) is 26.5. The van der Waals surface area contributed by atoms with E-state index in [9.17, 15) is 29.6 Å². The van der Waals surface area contributed by atoms with Crippen molar-refractivity contribution in [3.05, 3.63) is 75.3 Å². The van der Waals surface area contributed by atoms with E-state index in [1.54, 1.807) is 13.0 Å². The first-order valence-electron chi connectivity index (χ1n) is 12.2. The Hall–Kier alpha value is -3.83. The van der Waals surface area contributed by atoms with Gasteiger partial charge in [-0.05, 0) is 42.9 Å². The number of carbonyl (C=O) groups is 3. The van der Waals surface area contributed by atoms with Crippen molar-refractivity contribution in [2.75, 3.05) is 19.8 Å². The van der Waals surface area contributed by atoms with E-state index >= 15 is 0 Å².